The van der Waals surface area contributed by atoms with Gasteiger partial charge >= 0.3 is 0 Å². The predicted molar refractivity (Wildman–Crippen MR) is 95.6 cm³/mol. The summed E-state index contributed by atoms with van der Waals surface area (Å²) in [5.74, 6) is 0.908. The van der Waals surface area contributed by atoms with E-state index in [1.165, 1.54) is 0 Å². The highest BCUT2D eigenvalue weighted by atomic mass is 16.2. The molecule has 1 fully saturated rings. The van der Waals surface area contributed by atoms with E-state index in [0.29, 0.717) is 13.1 Å². The molecule has 25 heavy (non-hydrogen) atoms. The fourth-order valence-corrected chi connectivity index (χ4v) is 3.12. The third-order valence-electron chi connectivity index (χ3n) is 4.46. The van der Waals surface area contributed by atoms with Gasteiger partial charge in [0.25, 0.3) is 0 Å². The summed E-state index contributed by atoms with van der Waals surface area (Å²) < 4.78 is 0. The molecule has 3 rings (SSSR count). The minimum absolute atomic E-state index is 0.0233. The van der Waals surface area contributed by atoms with Crippen LogP contribution < -0.4 is 5.32 Å². The number of likely N-dealkylation sites (tertiary alicyclic amines) is 1. The molecule has 1 aromatic carbocycles. The molecule has 1 amide bonds. The molecule has 6 nitrogen and oxygen atoms in total. The van der Waals surface area contributed by atoms with Gasteiger partial charge in [0.15, 0.2) is 0 Å². The van der Waals surface area contributed by atoms with Crippen molar-refractivity contribution in [2.75, 3.05) is 19.6 Å². The second kappa shape index (κ2) is 8.45. The molecule has 0 aliphatic carbocycles. The van der Waals surface area contributed by atoms with Crippen LogP contribution in [0.2, 0.25) is 0 Å². The minimum Gasteiger partial charge on any atom is -0.344 e. The normalized spacial score (nSPS) is 16.8. The maximum Gasteiger partial charge on any atom is 0.237 e. The van der Waals surface area contributed by atoms with Crippen molar-refractivity contribution in [3.63, 3.8) is 0 Å². The fourth-order valence-electron chi connectivity index (χ4n) is 3.12. The molecular formula is C19H23N5O. The first-order chi connectivity index (χ1) is 12.3. The van der Waals surface area contributed by atoms with Crippen molar-refractivity contribution < 1.29 is 4.79 Å². The number of benzene rings is 1. The number of carbonyl (C=O) groups excluding carboxylic acids is 1. The molecule has 1 aliphatic rings. The lowest BCUT2D eigenvalue weighted by Crippen LogP contribution is -2.40. The number of amides is 1. The summed E-state index contributed by atoms with van der Waals surface area (Å²) in [7, 11) is 0. The number of aromatic amines is 1. The fraction of sp³-hybridized carbons (Fsp3) is 0.421. The van der Waals surface area contributed by atoms with Gasteiger partial charge in [-0.15, -0.1) is 0 Å². The number of nitrogens with one attached hydrogen (secondary N) is 2. The second-order valence-electron chi connectivity index (χ2n) is 6.26. The Morgan fingerprint density at radius 1 is 1.40 bits per heavy atom. The molecule has 1 atom stereocenters. The Morgan fingerprint density at radius 2 is 2.24 bits per heavy atom. The summed E-state index contributed by atoms with van der Waals surface area (Å²) in [6.45, 7) is 1.76. The van der Waals surface area contributed by atoms with E-state index in [9.17, 15) is 4.79 Å². The van der Waals surface area contributed by atoms with E-state index in [1.807, 2.05) is 36.5 Å². The first-order valence-electron chi connectivity index (χ1n) is 8.77. The van der Waals surface area contributed by atoms with Crippen molar-refractivity contribution in [2.45, 2.75) is 31.7 Å². The molecule has 2 aromatic rings. The quantitative estimate of drug-likeness (QED) is 0.758. The monoisotopic (exact) mass is 337 g/mol. The Hall–Kier alpha value is -2.65. The van der Waals surface area contributed by atoms with Gasteiger partial charge in [0.2, 0.25) is 5.91 Å². The van der Waals surface area contributed by atoms with Crippen LogP contribution in [0.25, 0.3) is 11.4 Å². The molecular weight excluding hydrogens is 314 g/mol. The van der Waals surface area contributed by atoms with Crippen molar-refractivity contribution in [1.82, 2.24) is 20.2 Å². The van der Waals surface area contributed by atoms with Crippen molar-refractivity contribution in [3.8, 4) is 17.5 Å². The summed E-state index contributed by atoms with van der Waals surface area (Å²) in [6.07, 6.45) is 5.43. The predicted octanol–water partition coefficient (Wildman–Crippen LogP) is 2.11. The highest BCUT2D eigenvalue weighted by Gasteiger charge is 2.27. The van der Waals surface area contributed by atoms with Crippen LogP contribution in [0.15, 0.2) is 36.5 Å². The standard InChI is InChI=1S/C19H23N5O/c20-12-17-9-5-11-24(17)18(25)14-21-10-4-8-16-13-22-19(23-16)15-6-2-1-3-7-15/h1-3,6-7,13,17,21H,4-5,8-11,14H2,(H,22,23)/t17-/m0/s1. The number of rotatable bonds is 7. The zero-order valence-corrected chi connectivity index (χ0v) is 14.2. The maximum absolute atomic E-state index is 12.1. The van der Waals surface area contributed by atoms with E-state index in [2.05, 4.69) is 21.4 Å². The Kier molecular flexibility index (Phi) is 5.81. The first-order valence-corrected chi connectivity index (χ1v) is 8.77. The van der Waals surface area contributed by atoms with Crippen LogP contribution in [0.5, 0.6) is 0 Å². The van der Waals surface area contributed by atoms with Gasteiger partial charge in [-0.25, -0.2) is 4.98 Å². The van der Waals surface area contributed by atoms with Crippen LogP contribution in [0.4, 0.5) is 0 Å². The first kappa shape index (κ1) is 17.2. The van der Waals surface area contributed by atoms with Crippen molar-refractivity contribution >= 4 is 5.91 Å². The van der Waals surface area contributed by atoms with Crippen LogP contribution in [-0.4, -0.2) is 46.5 Å². The molecule has 2 N–H and O–H groups in total. The molecule has 1 saturated heterocycles. The number of carbonyl (C=O) groups is 1. The lowest BCUT2D eigenvalue weighted by molar-refractivity contribution is -0.130. The number of H-pyrrole nitrogens is 1. The maximum atomic E-state index is 12.1. The van der Waals surface area contributed by atoms with E-state index in [-0.39, 0.29) is 11.9 Å². The Morgan fingerprint density at radius 3 is 3.04 bits per heavy atom. The number of hydrogen-bond donors (Lipinski definition) is 2. The highest BCUT2D eigenvalue weighted by molar-refractivity contribution is 5.79. The number of imidazole rings is 1. The van der Waals surface area contributed by atoms with Crippen LogP contribution in [0.3, 0.4) is 0 Å². The van der Waals surface area contributed by atoms with Crippen LogP contribution in [-0.2, 0) is 11.2 Å². The number of aromatic nitrogens is 2. The highest BCUT2D eigenvalue weighted by Crippen LogP contribution is 2.16. The van der Waals surface area contributed by atoms with Gasteiger partial charge in [-0.3, -0.25) is 4.79 Å². The third kappa shape index (κ3) is 4.46. The van der Waals surface area contributed by atoms with Crippen molar-refractivity contribution in [3.05, 3.63) is 42.2 Å². The van der Waals surface area contributed by atoms with Gasteiger partial charge in [0, 0.05) is 18.3 Å². The molecule has 0 radical (unpaired) electrons. The van der Waals surface area contributed by atoms with E-state index >= 15 is 0 Å². The molecule has 0 unspecified atom stereocenters. The molecule has 1 aromatic heterocycles. The van der Waals surface area contributed by atoms with Crippen molar-refractivity contribution in [2.24, 2.45) is 0 Å². The lowest BCUT2D eigenvalue weighted by Gasteiger charge is -2.19. The van der Waals surface area contributed by atoms with E-state index in [1.54, 1.807) is 4.90 Å². The smallest absolute Gasteiger partial charge is 0.237 e. The van der Waals surface area contributed by atoms with Crippen molar-refractivity contribution in [1.29, 1.82) is 5.26 Å². The van der Waals surface area contributed by atoms with E-state index < -0.39 is 0 Å². The molecule has 6 heteroatoms. The zero-order chi connectivity index (χ0) is 17.5. The van der Waals surface area contributed by atoms with Gasteiger partial charge in [0.1, 0.15) is 11.9 Å². The van der Waals surface area contributed by atoms with Gasteiger partial charge in [-0.2, -0.15) is 5.26 Å². The summed E-state index contributed by atoms with van der Waals surface area (Å²) >= 11 is 0. The molecule has 0 spiro atoms. The number of nitriles is 1. The summed E-state index contributed by atoms with van der Waals surface area (Å²) in [6, 6.07) is 12.0. The summed E-state index contributed by atoms with van der Waals surface area (Å²) in [5.41, 5.74) is 2.10. The second-order valence-corrected chi connectivity index (χ2v) is 6.26. The van der Waals surface area contributed by atoms with Gasteiger partial charge in [0.05, 0.1) is 18.3 Å². The molecule has 2 heterocycles. The largest absolute Gasteiger partial charge is 0.344 e. The topological polar surface area (TPSA) is 84.8 Å². The average molecular weight is 337 g/mol. The lowest BCUT2D eigenvalue weighted by atomic mass is 10.2. The molecule has 0 saturated carbocycles. The minimum atomic E-state index is -0.241. The van der Waals surface area contributed by atoms with E-state index in [0.717, 1.165) is 49.3 Å². The molecule has 0 bridgehead atoms. The summed E-state index contributed by atoms with van der Waals surface area (Å²) in [5, 5.41) is 12.2. The van der Waals surface area contributed by atoms with Crippen LogP contribution in [0.1, 0.15) is 25.0 Å². The number of nitrogens with zero attached hydrogens (tertiary/aromatic N) is 3. The van der Waals surface area contributed by atoms with Crippen LogP contribution in [0, 0.1) is 11.3 Å². The third-order valence-corrected chi connectivity index (χ3v) is 4.46. The Bertz CT molecular complexity index is 734. The van der Waals surface area contributed by atoms with Gasteiger partial charge in [-0.1, -0.05) is 30.3 Å². The van der Waals surface area contributed by atoms with E-state index in [4.69, 9.17) is 5.26 Å². The zero-order valence-electron chi connectivity index (χ0n) is 14.2. The molecule has 130 valence electrons. The molecule has 1 aliphatic heterocycles. The number of hydrogen-bond acceptors (Lipinski definition) is 4. The van der Waals surface area contributed by atoms with Crippen LogP contribution >= 0.6 is 0 Å². The Balaban J connectivity index is 1.37. The SMILES string of the molecule is N#C[C@@H]1CCCN1C(=O)CNCCCc1c[nH]c(-c2ccccc2)n1. The van der Waals surface area contributed by atoms with Gasteiger partial charge in [-0.05, 0) is 32.2 Å². The average Bonchev–Trinajstić information content (AvgIpc) is 3.31. The van der Waals surface area contributed by atoms with Gasteiger partial charge < -0.3 is 15.2 Å². The summed E-state index contributed by atoms with van der Waals surface area (Å²) in [4.78, 5) is 21.6. The Labute approximate surface area is 147 Å². The number of aryl methyl sites for hydroxylation is 1.